The van der Waals surface area contributed by atoms with Crippen LogP contribution in [-0.4, -0.2) is 55.0 Å². The third-order valence-electron chi connectivity index (χ3n) is 2.21. The lowest BCUT2D eigenvalue weighted by molar-refractivity contribution is -0.118. The van der Waals surface area contributed by atoms with Crippen LogP contribution in [-0.2, 0) is 20.3 Å². The van der Waals surface area contributed by atoms with Crippen molar-refractivity contribution < 1.29 is 13.7 Å². The number of rotatable bonds is 7. The van der Waals surface area contributed by atoms with Crippen molar-refractivity contribution in [2.45, 2.75) is 0 Å². The van der Waals surface area contributed by atoms with Crippen LogP contribution in [0, 0.1) is 5.92 Å². The molecule has 0 aliphatic carbocycles. The van der Waals surface area contributed by atoms with Gasteiger partial charge in [0, 0.05) is 43.3 Å². The molecule has 1 saturated heterocycles. The largest absolute Gasteiger partial charge is 0.383 e. The molecule has 1 amide bonds. The zero-order valence-corrected chi connectivity index (χ0v) is 9.77. The predicted molar refractivity (Wildman–Crippen MR) is 59.1 cm³/mol. The second-order valence-electron chi connectivity index (χ2n) is 3.62. The quantitative estimate of drug-likeness (QED) is 0.538. The van der Waals surface area contributed by atoms with E-state index in [4.69, 9.17) is 4.74 Å². The highest BCUT2D eigenvalue weighted by Gasteiger charge is 2.20. The van der Waals surface area contributed by atoms with Gasteiger partial charge in [0.05, 0.1) is 6.61 Å². The number of hydrogen-bond acceptors (Lipinski definition) is 4. The van der Waals surface area contributed by atoms with Crippen molar-refractivity contribution in [1.29, 1.82) is 0 Å². The predicted octanol–water partition coefficient (Wildman–Crippen LogP) is -1.28. The summed E-state index contributed by atoms with van der Waals surface area (Å²) in [5, 5.41) is 5.76. The fourth-order valence-corrected chi connectivity index (χ4v) is 2.55. The fraction of sp³-hybridized carbons (Fsp3) is 0.889. The van der Waals surface area contributed by atoms with Crippen molar-refractivity contribution in [2.75, 3.05) is 44.9 Å². The molecule has 1 unspecified atom stereocenters. The summed E-state index contributed by atoms with van der Waals surface area (Å²) in [4.78, 5) is 11.2. The summed E-state index contributed by atoms with van der Waals surface area (Å²) in [7, 11) is 0.550. The molecule has 1 heterocycles. The molecule has 1 aliphatic heterocycles. The zero-order valence-electron chi connectivity index (χ0n) is 8.95. The second-order valence-corrected chi connectivity index (χ2v) is 5.12. The van der Waals surface area contributed by atoms with E-state index < -0.39 is 10.8 Å². The Balaban J connectivity index is 2.05. The molecule has 0 saturated carbocycles. The molecule has 88 valence electrons. The van der Waals surface area contributed by atoms with Crippen LogP contribution in [0.3, 0.4) is 0 Å². The van der Waals surface area contributed by atoms with Crippen molar-refractivity contribution in [3.05, 3.63) is 0 Å². The van der Waals surface area contributed by atoms with Gasteiger partial charge in [0.2, 0.25) is 5.91 Å². The maximum atomic E-state index is 11.5. The van der Waals surface area contributed by atoms with E-state index in [0.29, 0.717) is 24.8 Å². The van der Waals surface area contributed by atoms with E-state index in [0.717, 1.165) is 13.1 Å². The summed E-state index contributed by atoms with van der Waals surface area (Å²) >= 11 is 0. The molecular formula is C9H18N2O3S. The Hall–Kier alpha value is -0.460. The first-order valence-corrected chi connectivity index (χ1v) is 6.52. The van der Waals surface area contributed by atoms with E-state index in [1.165, 1.54) is 0 Å². The number of ether oxygens (including phenoxy) is 1. The van der Waals surface area contributed by atoms with E-state index in [1.54, 1.807) is 7.11 Å². The van der Waals surface area contributed by atoms with Crippen LogP contribution in [0.2, 0.25) is 0 Å². The molecule has 0 aromatic rings. The first kappa shape index (κ1) is 12.6. The van der Waals surface area contributed by atoms with E-state index in [9.17, 15) is 9.00 Å². The van der Waals surface area contributed by atoms with E-state index in [2.05, 4.69) is 10.6 Å². The van der Waals surface area contributed by atoms with Gasteiger partial charge in [-0.2, -0.15) is 0 Å². The number of hydrogen-bond donors (Lipinski definition) is 2. The van der Waals surface area contributed by atoms with Gasteiger partial charge in [-0.05, 0) is 5.92 Å². The van der Waals surface area contributed by atoms with Gasteiger partial charge in [-0.25, -0.2) is 0 Å². The Kier molecular flexibility index (Phi) is 5.82. The van der Waals surface area contributed by atoms with Crippen molar-refractivity contribution >= 4 is 16.7 Å². The van der Waals surface area contributed by atoms with E-state index in [-0.39, 0.29) is 11.7 Å². The maximum absolute atomic E-state index is 11.5. The smallest absolute Gasteiger partial charge is 0.232 e. The molecule has 1 rings (SSSR count). The summed E-state index contributed by atoms with van der Waals surface area (Å²) in [6.07, 6.45) is 0. The summed E-state index contributed by atoms with van der Waals surface area (Å²) < 4.78 is 16.3. The summed E-state index contributed by atoms with van der Waals surface area (Å²) in [5.74, 6) is 1.07. The average molecular weight is 234 g/mol. The summed E-state index contributed by atoms with van der Waals surface area (Å²) in [6, 6.07) is 0. The first-order valence-electron chi connectivity index (χ1n) is 5.03. The lowest BCUT2D eigenvalue weighted by atomic mass is 10.1. The zero-order chi connectivity index (χ0) is 11.1. The molecule has 1 aliphatic rings. The standard InChI is InChI=1S/C9H18N2O3S/c1-14-3-2-11-9(12)7-15(13)6-8-4-10-5-8/h8,10H,2-7H2,1H3,(H,11,12). The van der Waals surface area contributed by atoms with Gasteiger partial charge in [-0.3, -0.25) is 9.00 Å². The maximum Gasteiger partial charge on any atom is 0.232 e. The van der Waals surface area contributed by atoms with Crippen molar-refractivity contribution in [3.8, 4) is 0 Å². The van der Waals surface area contributed by atoms with Crippen LogP contribution in [0.5, 0.6) is 0 Å². The number of carbonyl (C=O) groups excluding carboxylic acids is 1. The summed E-state index contributed by atoms with van der Waals surface area (Å²) in [6.45, 7) is 2.83. The molecule has 0 spiro atoms. The van der Waals surface area contributed by atoms with Crippen molar-refractivity contribution in [3.63, 3.8) is 0 Å². The number of nitrogens with one attached hydrogen (secondary N) is 2. The highest BCUT2D eigenvalue weighted by molar-refractivity contribution is 7.85. The van der Waals surface area contributed by atoms with E-state index >= 15 is 0 Å². The second kappa shape index (κ2) is 6.92. The Morgan fingerprint density at radius 3 is 2.87 bits per heavy atom. The van der Waals surface area contributed by atoms with Gasteiger partial charge in [0.1, 0.15) is 5.75 Å². The first-order chi connectivity index (χ1) is 7.22. The SMILES string of the molecule is COCCNC(=O)CS(=O)CC1CNC1. The average Bonchev–Trinajstić information content (AvgIpc) is 2.12. The molecule has 5 nitrogen and oxygen atoms in total. The minimum Gasteiger partial charge on any atom is -0.383 e. The van der Waals surface area contributed by atoms with Crippen LogP contribution in [0.1, 0.15) is 0 Å². The van der Waals surface area contributed by atoms with Crippen LogP contribution < -0.4 is 10.6 Å². The highest BCUT2D eigenvalue weighted by Crippen LogP contribution is 2.04. The van der Waals surface area contributed by atoms with Crippen LogP contribution in [0.15, 0.2) is 0 Å². The van der Waals surface area contributed by atoms with Gasteiger partial charge in [0.15, 0.2) is 0 Å². The van der Waals surface area contributed by atoms with Crippen LogP contribution in [0.4, 0.5) is 0 Å². The Morgan fingerprint density at radius 2 is 2.33 bits per heavy atom. The lowest BCUT2D eigenvalue weighted by Gasteiger charge is -2.26. The number of methoxy groups -OCH3 is 1. The van der Waals surface area contributed by atoms with Crippen molar-refractivity contribution in [1.82, 2.24) is 10.6 Å². The van der Waals surface area contributed by atoms with Gasteiger partial charge in [0.25, 0.3) is 0 Å². The molecule has 0 radical (unpaired) electrons. The molecule has 1 fully saturated rings. The van der Waals surface area contributed by atoms with Crippen LogP contribution >= 0.6 is 0 Å². The van der Waals surface area contributed by atoms with E-state index in [1.807, 2.05) is 0 Å². The van der Waals surface area contributed by atoms with Crippen molar-refractivity contribution in [2.24, 2.45) is 5.92 Å². The number of carbonyl (C=O) groups is 1. The number of amides is 1. The minimum atomic E-state index is -1.03. The molecule has 0 bridgehead atoms. The fourth-order valence-electron chi connectivity index (χ4n) is 1.28. The summed E-state index contributed by atoms with van der Waals surface area (Å²) in [5.41, 5.74) is 0. The lowest BCUT2D eigenvalue weighted by Crippen LogP contribution is -2.45. The highest BCUT2D eigenvalue weighted by atomic mass is 32.2. The normalized spacial score (nSPS) is 18.2. The topological polar surface area (TPSA) is 67.4 Å². The molecule has 15 heavy (non-hydrogen) atoms. The molecule has 0 aromatic heterocycles. The van der Waals surface area contributed by atoms with Gasteiger partial charge in [-0.15, -0.1) is 0 Å². The Morgan fingerprint density at radius 1 is 1.60 bits per heavy atom. The van der Waals surface area contributed by atoms with Crippen LogP contribution in [0.25, 0.3) is 0 Å². The molecule has 0 aromatic carbocycles. The Labute approximate surface area is 92.4 Å². The molecular weight excluding hydrogens is 216 g/mol. The third kappa shape index (κ3) is 5.25. The van der Waals surface area contributed by atoms with Gasteiger partial charge < -0.3 is 15.4 Å². The molecule has 2 N–H and O–H groups in total. The van der Waals surface area contributed by atoms with Gasteiger partial charge >= 0.3 is 0 Å². The Bertz CT molecular complexity index is 231. The van der Waals surface area contributed by atoms with Gasteiger partial charge in [-0.1, -0.05) is 0 Å². The monoisotopic (exact) mass is 234 g/mol. The third-order valence-corrected chi connectivity index (χ3v) is 3.64. The molecule has 6 heteroatoms. The molecule has 1 atom stereocenters. The minimum absolute atomic E-state index is 0.111.